The Bertz CT molecular complexity index is 297. The number of alkyl halides is 2. The van der Waals surface area contributed by atoms with Gasteiger partial charge in [0.25, 0.3) is 5.83 Å². The third kappa shape index (κ3) is 8.22. The third-order valence-corrected chi connectivity index (χ3v) is 0.796. The van der Waals surface area contributed by atoms with Gasteiger partial charge in [0.15, 0.2) is 0 Å². The third-order valence-electron chi connectivity index (χ3n) is 0.796. The zero-order valence-electron chi connectivity index (χ0n) is 7.59. The first-order chi connectivity index (χ1) is 7.56. The summed E-state index contributed by atoms with van der Waals surface area (Å²) in [7, 11) is 0. The van der Waals surface area contributed by atoms with Crippen molar-refractivity contribution in [3.8, 4) is 0 Å². The van der Waals surface area contributed by atoms with E-state index >= 15 is 0 Å². The van der Waals surface area contributed by atoms with E-state index in [9.17, 15) is 39.5 Å². The molecule has 0 aromatic carbocycles. The number of hydrogen-bond acceptors (Lipinski definition) is 1. The summed E-state index contributed by atoms with van der Waals surface area (Å²) in [5, 5.41) is 0. The molecule has 100 valence electrons. The topological polar surface area (TPSA) is 9.23 Å². The van der Waals surface area contributed by atoms with Gasteiger partial charge in [-0.1, -0.05) is 6.58 Å². The van der Waals surface area contributed by atoms with Gasteiger partial charge in [0, 0.05) is 0 Å². The molecule has 0 saturated heterocycles. The molecule has 0 spiro atoms. The summed E-state index contributed by atoms with van der Waals surface area (Å²) in [6.07, 6.45) is -13.4. The largest absolute Gasteiger partial charge is 0.459 e. The van der Waals surface area contributed by atoms with Crippen molar-refractivity contribution in [2.24, 2.45) is 0 Å². The molecule has 0 heterocycles. The highest BCUT2D eigenvalue weighted by molar-refractivity contribution is 5.00. The minimum absolute atomic E-state index is 0.169. The molecule has 0 aliphatic heterocycles. The first-order valence-electron chi connectivity index (χ1n) is 3.30. The lowest BCUT2D eigenvalue weighted by molar-refractivity contribution is -0.187. The fourth-order valence-corrected chi connectivity index (χ4v) is 0.266. The van der Waals surface area contributed by atoms with Gasteiger partial charge in [-0.05, 0) is 0 Å². The Labute approximate surface area is 88.5 Å². The fraction of sp³-hybridized carbons (Fsp3) is 0.143. The van der Waals surface area contributed by atoms with Crippen LogP contribution in [0, 0.1) is 0 Å². The van der Waals surface area contributed by atoms with Crippen LogP contribution in [-0.2, 0) is 4.74 Å². The van der Waals surface area contributed by atoms with Crippen LogP contribution >= 0.6 is 0 Å². The van der Waals surface area contributed by atoms with Crippen molar-refractivity contribution in [3.05, 3.63) is 36.9 Å². The van der Waals surface area contributed by atoms with Gasteiger partial charge in [-0.25, -0.2) is 0 Å². The maximum atomic E-state index is 11.9. The summed E-state index contributed by atoms with van der Waals surface area (Å²) in [5.41, 5.74) is 0. The lowest BCUT2D eigenvalue weighted by Gasteiger charge is -2.10. The summed E-state index contributed by atoms with van der Waals surface area (Å²) in [6, 6.07) is 0. The Morgan fingerprint density at radius 2 is 1.18 bits per heavy atom. The Morgan fingerprint density at radius 3 is 1.35 bits per heavy atom. The molecular formula is C7H3F9O. The van der Waals surface area contributed by atoms with Crippen molar-refractivity contribution >= 4 is 0 Å². The zero-order valence-corrected chi connectivity index (χ0v) is 7.59. The van der Waals surface area contributed by atoms with Crippen LogP contribution in [-0.4, -0.2) is 6.11 Å². The average molecular weight is 274 g/mol. The van der Waals surface area contributed by atoms with Crippen molar-refractivity contribution in [2.45, 2.75) is 6.11 Å². The summed E-state index contributed by atoms with van der Waals surface area (Å²) in [4.78, 5) is 0. The second-order valence-corrected chi connectivity index (χ2v) is 1.90. The highest BCUT2D eigenvalue weighted by Gasteiger charge is 2.40. The number of ether oxygens (including phenoxy) is 1. The van der Waals surface area contributed by atoms with Crippen LogP contribution in [0.1, 0.15) is 0 Å². The van der Waals surface area contributed by atoms with Gasteiger partial charge in [-0.2, -0.15) is 39.5 Å². The van der Waals surface area contributed by atoms with E-state index in [1.807, 2.05) is 0 Å². The van der Waals surface area contributed by atoms with Crippen molar-refractivity contribution < 1.29 is 44.3 Å². The average Bonchev–Trinajstić information content (AvgIpc) is 2.17. The van der Waals surface area contributed by atoms with Crippen molar-refractivity contribution in [3.63, 3.8) is 0 Å². The molecule has 0 aliphatic rings. The zero-order chi connectivity index (χ0) is 14.2. The first-order valence-corrected chi connectivity index (χ1v) is 3.30. The quantitative estimate of drug-likeness (QED) is 0.530. The molecule has 10 heteroatoms. The van der Waals surface area contributed by atoms with E-state index in [1.165, 1.54) is 0 Å². The molecule has 0 radical (unpaired) electrons. The first kappa shape index (κ1) is 17.8. The van der Waals surface area contributed by atoms with Crippen LogP contribution in [0.2, 0.25) is 0 Å². The van der Waals surface area contributed by atoms with E-state index in [4.69, 9.17) is 0 Å². The molecule has 0 saturated carbocycles. The van der Waals surface area contributed by atoms with Crippen molar-refractivity contribution in [2.75, 3.05) is 0 Å². The Kier molecular flexibility index (Phi) is 7.98. The lowest BCUT2D eigenvalue weighted by atomic mass is 10.5. The van der Waals surface area contributed by atoms with Gasteiger partial charge < -0.3 is 4.74 Å². The second kappa shape index (κ2) is 7.63. The van der Waals surface area contributed by atoms with E-state index < -0.39 is 30.2 Å². The number of hydrogen-bond donors (Lipinski definition) is 0. The van der Waals surface area contributed by atoms with Crippen molar-refractivity contribution in [1.29, 1.82) is 0 Å². The van der Waals surface area contributed by atoms with E-state index in [-0.39, 0.29) is 6.26 Å². The molecule has 0 N–H and O–H groups in total. The second-order valence-electron chi connectivity index (χ2n) is 1.90. The number of rotatable bonds is 3. The van der Waals surface area contributed by atoms with Gasteiger partial charge in [-0.15, -0.1) is 0 Å². The predicted octanol–water partition coefficient (Wildman–Crippen LogP) is 4.81. The minimum Gasteiger partial charge on any atom is -0.436 e. The SMILES string of the molecule is C=COC(F)(F)C(F)=C(F)F.FC(F)=C(F)F. The van der Waals surface area contributed by atoms with Crippen LogP contribution in [0.15, 0.2) is 36.9 Å². The highest BCUT2D eigenvalue weighted by Crippen LogP contribution is 2.30. The molecule has 0 unspecified atom stereocenters. The number of halogens is 9. The van der Waals surface area contributed by atoms with Gasteiger partial charge in [0.1, 0.15) is 0 Å². The minimum atomic E-state index is -4.62. The van der Waals surface area contributed by atoms with Crippen molar-refractivity contribution in [1.82, 2.24) is 0 Å². The molecule has 0 amide bonds. The van der Waals surface area contributed by atoms with Crippen LogP contribution in [0.3, 0.4) is 0 Å². The summed E-state index contributed by atoms with van der Waals surface area (Å²) in [5.74, 6) is -2.91. The van der Waals surface area contributed by atoms with Gasteiger partial charge in [0.2, 0.25) is 0 Å². The molecule has 0 aliphatic carbocycles. The monoisotopic (exact) mass is 274 g/mol. The molecular weight excluding hydrogens is 271 g/mol. The Balaban J connectivity index is 0. The molecule has 0 atom stereocenters. The highest BCUT2D eigenvalue weighted by atomic mass is 19.3. The molecule has 0 aromatic heterocycles. The maximum absolute atomic E-state index is 11.9. The normalized spacial score (nSPS) is 9.71. The van der Waals surface area contributed by atoms with Crippen LogP contribution in [0.4, 0.5) is 39.5 Å². The standard InChI is InChI=1S/C5H3F5O.C2F4/c1-2-11-5(9,10)3(6)4(7)8;3-1(4)2(5)6/h2H,1H2;. The van der Waals surface area contributed by atoms with E-state index in [1.54, 1.807) is 0 Å². The smallest absolute Gasteiger partial charge is 0.436 e. The van der Waals surface area contributed by atoms with Crippen LogP contribution in [0.5, 0.6) is 0 Å². The summed E-state index contributed by atoms with van der Waals surface area (Å²) >= 11 is 0. The van der Waals surface area contributed by atoms with Gasteiger partial charge in [0.05, 0.1) is 6.26 Å². The van der Waals surface area contributed by atoms with E-state index in [0.29, 0.717) is 0 Å². The summed E-state index contributed by atoms with van der Waals surface area (Å²) in [6.45, 7) is 2.65. The summed E-state index contributed by atoms with van der Waals surface area (Å²) < 4.78 is 102. The fourth-order valence-electron chi connectivity index (χ4n) is 0.266. The maximum Gasteiger partial charge on any atom is 0.459 e. The molecule has 0 aromatic rings. The predicted molar refractivity (Wildman–Crippen MR) is 38.0 cm³/mol. The molecule has 1 nitrogen and oxygen atoms in total. The van der Waals surface area contributed by atoms with Gasteiger partial charge in [-0.3, -0.25) is 0 Å². The van der Waals surface area contributed by atoms with E-state index in [2.05, 4.69) is 11.3 Å². The Morgan fingerprint density at radius 1 is 0.824 bits per heavy atom. The van der Waals surface area contributed by atoms with Gasteiger partial charge >= 0.3 is 24.4 Å². The van der Waals surface area contributed by atoms with Crippen LogP contribution < -0.4 is 0 Å². The molecule has 0 rings (SSSR count). The van der Waals surface area contributed by atoms with Crippen LogP contribution in [0.25, 0.3) is 0 Å². The van der Waals surface area contributed by atoms with E-state index in [0.717, 1.165) is 0 Å². The molecule has 0 bridgehead atoms. The lowest BCUT2D eigenvalue weighted by Crippen LogP contribution is -2.19. The Hall–Kier alpha value is -1.61. The molecule has 17 heavy (non-hydrogen) atoms. The molecule has 0 fully saturated rings.